The summed E-state index contributed by atoms with van der Waals surface area (Å²) in [5.41, 5.74) is 0.350. The monoisotopic (exact) mass is 417 g/mol. The van der Waals surface area contributed by atoms with E-state index in [1.54, 1.807) is 0 Å². The zero-order valence-corrected chi connectivity index (χ0v) is 17.7. The Bertz CT molecular complexity index is 872. The van der Waals surface area contributed by atoms with Gasteiger partial charge in [-0.3, -0.25) is 4.79 Å². The molecular formula is C17H27N3O5S2. The minimum atomic E-state index is -3.58. The number of hydrogen-bond acceptors (Lipinski definition) is 6. The molecule has 0 aliphatic carbocycles. The van der Waals surface area contributed by atoms with Crippen molar-refractivity contribution in [3.63, 3.8) is 0 Å². The molecule has 1 unspecified atom stereocenters. The number of nitrogens with one attached hydrogen (secondary N) is 1. The Kier molecular flexibility index (Phi) is 6.67. The molecule has 1 aromatic carbocycles. The number of piperazine rings is 1. The van der Waals surface area contributed by atoms with E-state index in [0.29, 0.717) is 31.9 Å². The maximum atomic E-state index is 12.7. The summed E-state index contributed by atoms with van der Waals surface area (Å²) < 4.78 is 51.0. The predicted molar refractivity (Wildman–Crippen MR) is 105 cm³/mol. The number of benzene rings is 1. The normalized spacial score (nSPS) is 18.4. The van der Waals surface area contributed by atoms with E-state index in [4.69, 9.17) is 0 Å². The number of hydrogen-bond donors (Lipinski definition) is 1. The topological polar surface area (TPSA) is 104 Å². The number of carbonyl (C=O) groups excluding carboxylic acids is 1. The van der Waals surface area contributed by atoms with Crippen molar-refractivity contribution in [3.05, 3.63) is 24.3 Å². The third-order valence-corrected chi connectivity index (χ3v) is 9.17. The maximum Gasteiger partial charge on any atom is 0.243 e. The number of sulfonamides is 1. The van der Waals surface area contributed by atoms with E-state index in [2.05, 4.69) is 10.2 Å². The van der Waals surface area contributed by atoms with Crippen LogP contribution in [0.1, 0.15) is 20.8 Å². The molecule has 1 aliphatic heterocycles. The van der Waals surface area contributed by atoms with Crippen LogP contribution in [0.2, 0.25) is 0 Å². The molecule has 0 spiro atoms. The third kappa shape index (κ3) is 4.87. The molecule has 1 aliphatic rings. The summed E-state index contributed by atoms with van der Waals surface area (Å²) in [4.78, 5) is 14.4. The highest BCUT2D eigenvalue weighted by atomic mass is 32.2. The highest BCUT2D eigenvalue weighted by Crippen LogP contribution is 2.20. The molecule has 0 aromatic heterocycles. The molecule has 1 fully saturated rings. The van der Waals surface area contributed by atoms with Gasteiger partial charge in [-0.2, -0.15) is 4.31 Å². The highest BCUT2D eigenvalue weighted by Gasteiger charge is 2.31. The van der Waals surface area contributed by atoms with Crippen LogP contribution in [0, 0.1) is 0 Å². The van der Waals surface area contributed by atoms with E-state index < -0.39 is 36.3 Å². The molecule has 152 valence electrons. The lowest BCUT2D eigenvalue weighted by Crippen LogP contribution is -2.46. The summed E-state index contributed by atoms with van der Waals surface area (Å²) in [7, 11) is -5.20. The Balaban J connectivity index is 2.10. The van der Waals surface area contributed by atoms with Crippen LogP contribution in [-0.2, 0) is 24.7 Å². The summed E-state index contributed by atoms with van der Waals surface area (Å²) in [6.45, 7) is 6.61. The van der Waals surface area contributed by atoms with Crippen LogP contribution >= 0.6 is 0 Å². The van der Waals surface area contributed by atoms with Crippen LogP contribution in [0.15, 0.2) is 29.2 Å². The van der Waals surface area contributed by atoms with Gasteiger partial charge in [0.05, 0.1) is 10.1 Å². The second kappa shape index (κ2) is 8.26. The standard InChI is InChI=1S/C17H27N3O5S2/c1-13(2)26(22,23)14(3)17(21)18-15-5-7-16(8-6-15)27(24,25)20-11-9-19(4)10-12-20/h5-8,13-14H,9-12H2,1-4H3,(H,18,21). The number of anilines is 1. The zero-order valence-electron chi connectivity index (χ0n) is 16.0. The van der Waals surface area contributed by atoms with Gasteiger partial charge in [0.15, 0.2) is 9.84 Å². The van der Waals surface area contributed by atoms with Gasteiger partial charge in [-0.15, -0.1) is 0 Å². The van der Waals surface area contributed by atoms with Crippen molar-refractivity contribution in [2.75, 3.05) is 38.5 Å². The largest absolute Gasteiger partial charge is 0.325 e. The van der Waals surface area contributed by atoms with Crippen molar-refractivity contribution >= 4 is 31.5 Å². The average molecular weight is 418 g/mol. The molecule has 0 bridgehead atoms. The Morgan fingerprint density at radius 3 is 1.96 bits per heavy atom. The van der Waals surface area contributed by atoms with Gasteiger partial charge in [0.25, 0.3) is 0 Å². The van der Waals surface area contributed by atoms with E-state index in [1.807, 2.05) is 7.05 Å². The zero-order chi connectivity index (χ0) is 20.4. The summed E-state index contributed by atoms with van der Waals surface area (Å²) in [6, 6.07) is 5.78. The van der Waals surface area contributed by atoms with Crippen molar-refractivity contribution in [3.8, 4) is 0 Å². The molecule has 1 aromatic rings. The third-order valence-electron chi connectivity index (χ3n) is 4.74. The van der Waals surface area contributed by atoms with E-state index in [9.17, 15) is 21.6 Å². The summed E-state index contributed by atoms with van der Waals surface area (Å²) >= 11 is 0. The van der Waals surface area contributed by atoms with E-state index in [1.165, 1.54) is 49.3 Å². The van der Waals surface area contributed by atoms with E-state index >= 15 is 0 Å². The molecule has 1 atom stereocenters. The lowest BCUT2D eigenvalue weighted by atomic mass is 10.3. The molecule has 8 nitrogen and oxygen atoms in total. The van der Waals surface area contributed by atoms with Gasteiger partial charge in [-0.1, -0.05) is 0 Å². The predicted octanol–water partition coefficient (Wildman–Crippen LogP) is 0.773. The second-order valence-corrected chi connectivity index (χ2v) is 11.8. The Hall–Kier alpha value is -1.49. The van der Waals surface area contributed by atoms with Crippen LogP contribution in [0.4, 0.5) is 5.69 Å². The molecule has 2 rings (SSSR count). The second-order valence-electron chi connectivity index (χ2n) is 7.00. The van der Waals surface area contributed by atoms with Crippen LogP contribution in [0.3, 0.4) is 0 Å². The Morgan fingerprint density at radius 1 is 0.963 bits per heavy atom. The smallest absolute Gasteiger partial charge is 0.243 e. The number of rotatable bonds is 6. The van der Waals surface area contributed by atoms with Crippen LogP contribution in [-0.4, -0.2) is 75.7 Å². The SMILES string of the molecule is CC(C)S(=O)(=O)C(C)C(=O)Nc1ccc(S(=O)(=O)N2CCN(C)CC2)cc1. The van der Waals surface area contributed by atoms with Crippen molar-refractivity contribution in [2.45, 2.75) is 36.2 Å². The van der Waals surface area contributed by atoms with Gasteiger partial charge < -0.3 is 10.2 Å². The molecule has 1 N–H and O–H groups in total. The fourth-order valence-corrected chi connectivity index (χ4v) is 5.29. The van der Waals surface area contributed by atoms with Gasteiger partial charge in [-0.25, -0.2) is 16.8 Å². The first-order chi connectivity index (χ1) is 12.5. The fraction of sp³-hybridized carbons (Fsp3) is 0.588. The van der Waals surface area contributed by atoms with Crippen LogP contribution in [0.5, 0.6) is 0 Å². The quantitative estimate of drug-likeness (QED) is 0.733. The van der Waals surface area contributed by atoms with Crippen LogP contribution < -0.4 is 5.32 Å². The fourth-order valence-electron chi connectivity index (χ4n) is 2.69. The number of sulfone groups is 1. The first-order valence-corrected chi connectivity index (χ1v) is 11.8. The van der Waals surface area contributed by atoms with Crippen molar-refractivity contribution in [1.82, 2.24) is 9.21 Å². The van der Waals surface area contributed by atoms with Gasteiger partial charge >= 0.3 is 0 Å². The molecule has 1 saturated heterocycles. The van der Waals surface area contributed by atoms with Gasteiger partial charge in [0.2, 0.25) is 15.9 Å². The van der Waals surface area contributed by atoms with Gasteiger partial charge in [0, 0.05) is 31.9 Å². The molecular weight excluding hydrogens is 390 g/mol. The van der Waals surface area contributed by atoms with Gasteiger partial charge in [-0.05, 0) is 52.1 Å². The number of nitrogens with zero attached hydrogens (tertiary/aromatic N) is 2. The van der Waals surface area contributed by atoms with Crippen molar-refractivity contribution < 1.29 is 21.6 Å². The van der Waals surface area contributed by atoms with E-state index in [-0.39, 0.29) is 4.90 Å². The van der Waals surface area contributed by atoms with Crippen molar-refractivity contribution in [2.24, 2.45) is 0 Å². The average Bonchev–Trinajstić information content (AvgIpc) is 2.61. The Labute approximate surface area is 161 Å². The first-order valence-electron chi connectivity index (χ1n) is 8.78. The Morgan fingerprint density at radius 2 is 1.48 bits per heavy atom. The summed E-state index contributed by atoms with van der Waals surface area (Å²) in [6.07, 6.45) is 0. The molecule has 0 radical (unpaired) electrons. The molecule has 0 saturated carbocycles. The van der Waals surface area contributed by atoms with Crippen LogP contribution in [0.25, 0.3) is 0 Å². The molecule has 27 heavy (non-hydrogen) atoms. The molecule has 1 amide bonds. The molecule has 1 heterocycles. The number of likely N-dealkylation sites (N-methyl/N-ethyl adjacent to an activating group) is 1. The number of amides is 1. The summed E-state index contributed by atoms with van der Waals surface area (Å²) in [5, 5.41) is 0.687. The lowest BCUT2D eigenvalue weighted by molar-refractivity contribution is -0.115. The first kappa shape index (κ1) is 21.8. The van der Waals surface area contributed by atoms with Gasteiger partial charge in [0.1, 0.15) is 5.25 Å². The lowest BCUT2D eigenvalue weighted by Gasteiger charge is -2.31. The summed E-state index contributed by atoms with van der Waals surface area (Å²) in [5.74, 6) is -0.640. The number of carbonyl (C=O) groups is 1. The highest BCUT2D eigenvalue weighted by molar-refractivity contribution is 7.93. The van der Waals surface area contributed by atoms with E-state index in [0.717, 1.165) is 0 Å². The minimum Gasteiger partial charge on any atom is -0.325 e. The molecule has 10 heteroatoms. The van der Waals surface area contributed by atoms with Crippen molar-refractivity contribution in [1.29, 1.82) is 0 Å². The maximum absolute atomic E-state index is 12.7. The minimum absolute atomic E-state index is 0.146.